The summed E-state index contributed by atoms with van der Waals surface area (Å²) in [6.45, 7) is 2.00. The molecule has 12 nitrogen and oxygen atoms in total. The van der Waals surface area contributed by atoms with Gasteiger partial charge in [-0.3, -0.25) is 4.90 Å². The van der Waals surface area contributed by atoms with E-state index in [1.165, 1.54) is 6.42 Å². The van der Waals surface area contributed by atoms with E-state index in [0.717, 1.165) is 37.2 Å². The second kappa shape index (κ2) is 9.87. The van der Waals surface area contributed by atoms with Crippen LogP contribution >= 0.6 is 0 Å². The molecule has 2 fully saturated rings. The number of tetrazole rings is 2. The van der Waals surface area contributed by atoms with E-state index in [2.05, 4.69) is 46.6 Å². The van der Waals surface area contributed by atoms with Crippen LogP contribution in [0.5, 0.6) is 0 Å². The number of rotatable bonds is 4. The molecule has 0 aliphatic carbocycles. The highest BCUT2D eigenvalue weighted by Gasteiger charge is 2.33. The molecule has 2 aliphatic rings. The van der Waals surface area contributed by atoms with Crippen LogP contribution in [0.15, 0.2) is 30.3 Å². The van der Waals surface area contributed by atoms with Crippen molar-refractivity contribution >= 4 is 6.09 Å². The van der Waals surface area contributed by atoms with Crippen LogP contribution in [-0.2, 0) is 11.3 Å². The molecule has 2 atom stereocenters. The number of carbonyl (C=O) groups excluding carboxylic acids is 1. The number of nitrogens with one attached hydrogen (secondary N) is 3. The molecule has 5 rings (SSSR count). The van der Waals surface area contributed by atoms with Crippen molar-refractivity contribution in [3.63, 3.8) is 0 Å². The molecular weight excluding hydrogens is 388 g/mol. The Labute approximate surface area is 172 Å². The molecule has 4 heterocycles. The summed E-state index contributed by atoms with van der Waals surface area (Å²) in [5.74, 6) is 1.33. The first kappa shape index (κ1) is 19.9. The van der Waals surface area contributed by atoms with Gasteiger partial charge in [-0.25, -0.2) is 4.79 Å². The minimum atomic E-state index is -0.332. The molecule has 0 spiro atoms. The highest BCUT2D eigenvalue weighted by atomic mass is 16.6. The average Bonchev–Trinajstić information content (AvgIpc) is 3.60. The van der Waals surface area contributed by atoms with Crippen LogP contribution in [0.25, 0.3) is 0 Å². The molecule has 0 unspecified atom stereocenters. The van der Waals surface area contributed by atoms with Crippen molar-refractivity contribution in [3.05, 3.63) is 47.5 Å². The normalized spacial score (nSPS) is 20.6. The van der Waals surface area contributed by atoms with Gasteiger partial charge in [0.25, 0.3) is 0 Å². The molecule has 1 amide bonds. The minimum absolute atomic E-state index is 0.142. The zero-order valence-corrected chi connectivity index (χ0v) is 16.4. The number of aromatic nitrogens is 8. The maximum Gasteiger partial charge on any atom is 0.410 e. The van der Waals surface area contributed by atoms with Crippen molar-refractivity contribution in [3.8, 4) is 0 Å². The number of benzene rings is 1. The Kier molecular flexibility index (Phi) is 6.54. The van der Waals surface area contributed by atoms with Crippen molar-refractivity contribution in [1.29, 1.82) is 0 Å². The molecule has 2 aliphatic heterocycles. The lowest BCUT2D eigenvalue weighted by atomic mass is 10.2. The number of hydrogen-bond acceptors (Lipinski definition) is 9. The molecule has 0 saturated carbocycles. The second-order valence-corrected chi connectivity index (χ2v) is 7.08. The van der Waals surface area contributed by atoms with Crippen LogP contribution in [0, 0.1) is 0 Å². The Hall–Kier alpha value is -3.41. The Morgan fingerprint density at radius 2 is 1.80 bits per heavy atom. The Morgan fingerprint density at radius 3 is 2.47 bits per heavy atom. The Morgan fingerprint density at radius 1 is 1.03 bits per heavy atom. The maximum atomic E-state index is 12.1. The third-order valence-corrected chi connectivity index (χ3v) is 5.09. The predicted molar refractivity (Wildman–Crippen MR) is 104 cm³/mol. The van der Waals surface area contributed by atoms with E-state index in [0.29, 0.717) is 18.4 Å². The van der Waals surface area contributed by atoms with E-state index in [-0.39, 0.29) is 18.7 Å². The Bertz CT molecular complexity index is 881. The molecule has 12 heteroatoms. The van der Waals surface area contributed by atoms with Crippen LogP contribution in [-0.4, -0.2) is 65.3 Å². The first-order valence-electron chi connectivity index (χ1n) is 9.98. The lowest BCUT2D eigenvalue weighted by Gasteiger charge is -2.21. The summed E-state index contributed by atoms with van der Waals surface area (Å²) in [6.07, 6.45) is 3.75. The van der Waals surface area contributed by atoms with Gasteiger partial charge in [0, 0.05) is 6.54 Å². The van der Waals surface area contributed by atoms with Gasteiger partial charge in [-0.2, -0.15) is 10.4 Å². The fraction of sp³-hybridized carbons (Fsp3) is 0.500. The molecular formula is C18H24N10O2. The summed E-state index contributed by atoms with van der Waals surface area (Å²) in [6, 6.07) is 9.80. The summed E-state index contributed by atoms with van der Waals surface area (Å²) < 4.78 is 5.34. The minimum Gasteiger partial charge on any atom is -0.445 e. The third kappa shape index (κ3) is 4.95. The van der Waals surface area contributed by atoms with Crippen LogP contribution in [0.4, 0.5) is 4.79 Å². The zero-order chi connectivity index (χ0) is 20.6. The van der Waals surface area contributed by atoms with E-state index in [1.54, 1.807) is 4.90 Å². The molecule has 0 radical (unpaired) electrons. The van der Waals surface area contributed by atoms with Gasteiger partial charge in [-0.1, -0.05) is 40.8 Å². The van der Waals surface area contributed by atoms with Gasteiger partial charge in [0.2, 0.25) is 0 Å². The fourth-order valence-electron chi connectivity index (χ4n) is 3.59. The van der Waals surface area contributed by atoms with Crippen molar-refractivity contribution in [2.24, 2.45) is 0 Å². The van der Waals surface area contributed by atoms with Crippen molar-refractivity contribution in [2.75, 3.05) is 13.1 Å². The highest BCUT2D eigenvalue weighted by molar-refractivity contribution is 5.68. The number of aromatic amines is 2. The van der Waals surface area contributed by atoms with Crippen LogP contribution < -0.4 is 5.32 Å². The fourth-order valence-corrected chi connectivity index (χ4v) is 3.59. The first-order chi connectivity index (χ1) is 14.8. The standard InChI is InChI=1S/C13H15N5O2.C5H9N5/c19-13(20-9-10-5-2-1-3-6-10)18-8-4-7-11(18)12-14-16-17-15-12;1-2-4(6-3-1)5-7-9-10-8-5/h1-3,5-6,11H,4,7-9H2,(H,14,15,16,17);4,6H,1-3H2,(H,7,8,9,10)/t11-;4-/m00/s1. The molecule has 158 valence electrons. The summed E-state index contributed by atoms with van der Waals surface area (Å²) in [5, 5.41) is 30.8. The average molecular weight is 412 g/mol. The van der Waals surface area contributed by atoms with E-state index >= 15 is 0 Å². The SMILES string of the molecule is C1CN[C@H](c2nn[nH]n2)C1.O=C(OCc1ccccc1)N1CCC[C@H]1c1nn[nH]n1. The lowest BCUT2D eigenvalue weighted by molar-refractivity contribution is 0.0908. The lowest BCUT2D eigenvalue weighted by Crippen LogP contribution is -2.31. The predicted octanol–water partition coefficient (Wildman–Crippen LogP) is 1.30. The van der Waals surface area contributed by atoms with E-state index in [9.17, 15) is 4.79 Å². The Balaban J connectivity index is 0.000000181. The van der Waals surface area contributed by atoms with Crippen LogP contribution in [0.2, 0.25) is 0 Å². The largest absolute Gasteiger partial charge is 0.445 e. The monoisotopic (exact) mass is 412 g/mol. The maximum absolute atomic E-state index is 12.1. The number of hydrogen-bond donors (Lipinski definition) is 3. The summed E-state index contributed by atoms with van der Waals surface area (Å²) >= 11 is 0. The molecule has 3 aromatic rings. The van der Waals surface area contributed by atoms with Gasteiger partial charge in [0.1, 0.15) is 6.61 Å². The first-order valence-corrected chi connectivity index (χ1v) is 9.98. The van der Waals surface area contributed by atoms with Crippen molar-refractivity contribution in [1.82, 2.24) is 51.5 Å². The number of H-pyrrole nitrogens is 2. The molecule has 3 N–H and O–H groups in total. The summed E-state index contributed by atoms with van der Waals surface area (Å²) in [5.41, 5.74) is 0.969. The van der Waals surface area contributed by atoms with Crippen LogP contribution in [0.1, 0.15) is 55.0 Å². The molecule has 1 aromatic carbocycles. The number of ether oxygens (including phenoxy) is 1. The highest BCUT2D eigenvalue weighted by Crippen LogP contribution is 2.29. The van der Waals surface area contributed by atoms with Crippen molar-refractivity contribution in [2.45, 2.75) is 44.4 Å². The molecule has 2 aromatic heterocycles. The van der Waals surface area contributed by atoms with Gasteiger partial charge in [-0.05, 0) is 37.8 Å². The number of nitrogens with zero attached hydrogens (tertiary/aromatic N) is 7. The van der Waals surface area contributed by atoms with Gasteiger partial charge in [0.05, 0.1) is 12.1 Å². The van der Waals surface area contributed by atoms with E-state index in [4.69, 9.17) is 4.74 Å². The van der Waals surface area contributed by atoms with Crippen molar-refractivity contribution < 1.29 is 9.53 Å². The van der Waals surface area contributed by atoms with Crippen LogP contribution in [0.3, 0.4) is 0 Å². The summed E-state index contributed by atoms with van der Waals surface area (Å²) in [7, 11) is 0. The number of amides is 1. The topological polar surface area (TPSA) is 150 Å². The summed E-state index contributed by atoms with van der Waals surface area (Å²) in [4.78, 5) is 13.8. The van der Waals surface area contributed by atoms with Gasteiger partial charge >= 0.3 is 6.09 Å². The second-order valence-electron chi connectivity index (χ2n) is 7.08. The number of carbonyl (C=O) groups is 1. The number of likely N-dealkylation sites (tertiary alicyclic amines) is 1. The van der Waals surface area contributed by atoms with Gasteiger partial charge < -0.3 is 10.1 Å². The van der Waals surface area contributed by atoms with Gasteiger partial charge in [0.15, 0.2) is 11.6 Å². The third-order valence-electron chi connectivity index (χ3n) is 5.09. The molecule has 2 saturated heterocycles. The zero-order valence-electron chi connectivity index (χ0n) is 16.4. The van der Waals surface area contributed by atoms with Gasteiger partial charge in [-0.15, -0.1) is 20.4 Å². The smallest absolute Gasteiger partial charge is 0.410 e. The van der Waals surface area contributed by atoms with E-state index in [1.807, 2.05) is 30.3 Å². The molecule has 30 heavy (non-hydrogen) atoms. The molecule has 0 bridgehead atoms. The van der Waals surface area contributed by atoms with E-state index < -0.39 is 0 Å². The quantitative estimate of drug-likeness (QED) is 0.576.